The van der Waals surface area contributed by atoms with Gasteiger partial charge in [-0.1, -0.05) is 6.92 Å². The second kappa shape index (κ2) is 5.22. The highest BCUT2D eigenvalue weighted by molar-refractivity contribution is 5.82. The van der Waals surface area contributed by atoms with Gasteiger partial charge in [0, 0.05) is 6.20 Å². The van der Waals surface area contributed by atoms with Crippen LogP contribution in [-0.4, -0.2) is 26.6 Å². The van der Waals surface area contributed by atoms with E-state index < -0.39 is 11.5 Å². The number of carbonyl (C=O) groups is 1. The molecule has 2 N–H and O–H groups in total. The molecule has 2 rings (SSSR count). The number of carboxylic acid groups (broad SMARTS) is 1. The zero-order valence-corrected chi connectivity index (χ0v) is 10.8. The Morgan fingerprint density at radius 1 is 1.58 bits per heavy atom. The molecule has 0 bridgehead atoms. The van der Waals surface area contributed by atoms with Gasteiger partial charge in [0.05, 0.1) is 0 Å². The van der Waals surface area contributed by atoms with Crippen molar-refractivity contribution in [3.63, 3.8) is 0 Å². The molecule has 0 spiro atoms. The maximum atomic E-state index is 11.6. The van der Waals surface area contributed by atoms with Crippen LogP contribution in [0.15, 0.2) is 12.3 Å². The highest BCUT2D eigenvalue weighted by Gasteiger charge is 2.41. The molecule has 1 aliphatic carbocycles. The fourth-order valence-corrected chi connectivity index (χ4v) is 2.34. The first-order chi connectivity index (χ1) is 9.05. The number of nitrogens with one attached hydrogen (secondary N) is 1. The monoisotopic (exact) mass is 260 g/mol. The van der Waals surface area contributed by atoms with Gasteiger partial charge in [-0.15, -0.1) is 0 Å². The molecule has 0 radical (unpaired) electrons. The summed E-state index contributed by atoms with van der Waals surface area (Å²) in [6.07, 6.45) is 4.26. The van der Waals surface area contributed by atoms with Gasteiger partial charge in [-0.25, -0.2) is 14.8 Å². The molecule has 19 heavy (non-hydrogen) atoms. The normalized spacial score (nSPS) is 26.4. The highest BCUT2D eigenvalue weighted by atomic mass is 16.4. The Kier molecular flexibility index (Phi) is 3.65. The van der Waals surface area contributed by atoms with Crippen LogP contribution in [0.1, 0.15) is 38.3 Å². The SMILES string of the molecule is CC1CCC(Nc2nccc(C#N)n2)(C(=O)O)CC1. The van der Waals surface area contributed by atoms with Crippen LogP contribution >= 0.6 is 0 Å². The minimum absolute atomic E-state index is 0.205. The Morgan fingerprint density at radius 2 is 2.26 bits per heavy atom. The first kappa shape index (κ1) is 13.3. The summed E-state index contributed by atoms with van der Waals surface area (Å²) in [7, 11) is 0. The quantitative estimate of drug-likeness (QED) is 0.859. The molecule has 1 heterocycles. The van der Waals surface area contributed by atoms with Crippen LogP contribution in [-0.2, 0) is 4.79 Å². The third kappa shape index (κ3) is 2.81. The molecule has 6 nitrogen and oxygen atoms in total. The van der Waals surface area contributed by atoms with Gasteiger partial charge >= 0.3 is 5.97 Å². The molecule has 1 aromatic rings. The van der Waals surface area contributed by atoms with Crippen LogP contribution in [0.4, 0.5) is 5.95 Å². The van der Waals surface area contributed by atoms with Gasteiger partial charge in [0.1, 0.15) is 17.3 Å². The number of anilines is 1. The van der Waals surface area contributed by atoms with Gasteiger partial charge in [-0.2, -0.15) is 5.26 Å². The fourth-order valence-electron chi connectivity index (χ4n) is 2.34. The number of nitriles is 1. The molecule has 1 aliphatic rings. The van der Waals surface area contributed by atoms with Gasteiger partial charge in [0.15, 0.2) is 0 Å². The first-order valence-electron chi connectivity index (χ1n) is 6.30. The lowest BCUT2D eigenvalue weighted by Crippen LogP contribution is -2.49. The summed E-state index contributed by atoms with van der Waals surface area (Å²) in [6.45, 7) is 2.12. The van der Waals surface area contributed by atoms with Crippen molar-refractivity contribution in [3.8, 4) is 6.07 Å². The first-order valence-corrected chi connectivity index (χ1v) is 6.30. The van der Waals surface area contributed by atoms with Crippen LogP contribution in [0.3, 0.4) is 0 Å². The number of aromatic nitrogens is 2. The summed E-state index contributed by atoms with van der Waals surface area (Å²) < 4.78 is 0. The molecule has 0 saturated heterocycles. The molecule has 1 aromatic heterocycles. The summed E-state index contributed by atoms with van der Waals surface area (Å²) in [4.78, 5) is 19.5. The van der Waals surface area contributed by atoms with E-state index in [4.69, 9.17) is 5.26 Å². The summed E-state index contributed by atoms with van der Waals surface area (Å²) >= 11 is 0. The fraction of sp³-hybridized carbons (Fsp3) is 0.538. The van der Waals surface area contributed by atoms with Gasteiger partial charge < -0.3 is 10.4 Å². The van der Waals surface area contributed by atoms with Crippen molar-refractivity contribution >= 4 is 11.9 Å². The summed E-state index contributed by atoms with van der Waals surface area (Å²) in [5.41, 5.74) is -0.789. The van der Waals surface area contributed by atoms with E-state index in [2.05, 4.69) is 22.2 Å². The second-order valence-electron chi connectivity index (χ2n) is 5.07. The van der Waals surface area contributed by atoms with Gasteiger partial charge in [-0.3, -0.25) is 0 Å². The van der Waals surface area contributed by atoms with Crippen LogP contribution in [0, 0.1) is 17.2 Å². The van der Waals surface area contributed by atoms with E-state index in [0.717, 1.165) is 12.8 Å². The zero-order valence-electron chi connectivity index (χ0n) is 10.8. The molecular formula is C13H16N4O2. The van der Waals surface area contributed by atoms with Gasteiger partial charge in [0.2, 0.25) is 5.95 Å². The number of aliphatic carboxylic acids is 1. The number of hydrogen-bond acceptors (Lipinski definition) is 5. The third-order valence-corrected chi connectivity index (χ3v) is 3.66. The van der Waals surface area contributed by atoms with E-state index >= 15 is 0 Å². The highest BCUT2D eigenvalue weighted by Crippen LogP contribution is 2.34. The maximum Gasteiger partial charge on any atom is 0.329 e. The minimum atomic E-state index is -1.01. The number of rotatable bonds is 3. The lowest BCUT2D eigenvalue weighted by atomic mass is 9.77. The summed E-state index contributed by atoms with van der Waals surface area (Å²) in [5, 5.41) is 21.2. The van der Waals surface area contributed by atoms with Gasteiger partial charge in [-0.05, 0) is 37.7 Å². The Hall–Kier alpha value is -2.16. The standard InChI is InChI=1S/C13H16N4O2/c1-9-2-5-13(6-3-9,11(18)19)17-12-15-7-4-10(8-14)16-12/h4,7,9H,2-3,5-6H2,1H3,(H,18,19)(H,15,16,17). The molecule has 1 fully saturated rings. The van der Waals surface area contributed by atoms with Crippen LogP contribution in [0.25, 0.3) is 0 Å². The average molecular weight is 260 g/mol. The molecule has 0 aromatic carbocycles. The predicted octanol–water partition coefficient (Wildman–Crippen LogP) is 1.79. The lowest BCUT2D eigenvalue weighted by Gasteiger charge is -2.36. The predicted molar refractivity (Wildman–Crippen MR) is 68.4 cm³/mol. The third-order valence-electron chi connectivity index (χ3n) is 3.66. The summed E-state index contributed by atoms with van der Waals surface area (Å²) in [5.74, 6) is -0.137. The largest absolute Gasteiger partial charge is 0.480 e. The molecule has 0 atom stereocenters. The topological polar surface area (TPSA) is 98.9 Å². The molecular weight excluding hydrogens is 244 g/mol. The smallest absolute Gasteiger partial charge is 0.329 e. The average Bonchev–Trinajstić information content (AvgIpc) is 2.41. The molecule has 0 amide bonds. The van der Waals surface area contributed by atoms with E-state index in [0.29, 0.717) is 18.8 Å². The summed E-state index contributed by atoms with van der Waals surface area (Å²) in [6, 6.07) is 3.40. The van der Waals surface area contributed by atoms with Gasteiger partial charge in [0.25, 0.3) is 0 Å². The van der Waals surface area contributed by atoms with Crippen molar-refractivity contribution in [3.05, 3.63) is 18.0 Å². The van der Waals surface area contributed by atoms with Crippen molar-refractivity contribution in [2.24, 2.45) is 5.92 Å². The van der Waals surface area contributed by atoms with Crippen molar-refractivity contribution in [2.45, 2.75) is 38.1 Å². The molecule has 0 aliphatic heterocycles. The van der Waals surface area contributed by atoms with E-state index in [1.807, 2.05) is 6.07 Å². The molecule has 0 unspecified atom stereocenters. The van der Waals surface area contributed by atoms with Crippen molar-refractivity contribution in [2.75, 3.05) is 5.32 Å². The maximum absolute atomic E-state index is 11.6. The lowest BCUT2D eigenvalue weighted by molar-refractivity contribution is -0.143. The van der Waals surface area contributed by atoms with E-state index in [1.54, 1.807) is 0 Å². The van der Waals surface area contributed by atoms with Crippen LogP contribution in [0.5, 0.6) is 0 Å². The second-order valence-corrected chi connectivity index (χ2v) is 5.07. The van der Waals surface area contributed by atoms with Crippen molar-refractivity contribution < 1.29 is 9.90 Å². The Balaban J connectivity index is 2.22. The molecule has 100 valence electrons. The van der Waals surface area contributed by atoms with E-state index in [9.17, 15) is 9.90 Å². The van der Waals surface area contributed by atoms with Crippen LogP contribution in [0.2, 0.25) is 0 Å². The Morgan fingerprint density at radius 3 is 2.84 bits per heavy atom. The van der Waals surface area contributed by atoms with Crippen molar-refractivity contribution in [1.29, 1.82) is 5.26 Å². The minimum Gasteiger partial charge on any atom is -0.480 e. The number of carboxylic acids is 1. The van der Waals surface area contributed by atoms with Crippen molar-refractivity contribution in [1.82, 2.24) is 9.97 Å². The Labute approximate surface area is 111 Å². The Bertz CT molecular complexity index is 516. The molecule has 1 saturated carbocycles. The number of hydrogen-bond donors (Lipinski definition) is 2. The molecule has 6 heteroatoms. The zero-order chi connectivity index (χ0) is 13.9. The van der Waals surface area contributed by atoms with E-state index in [-0.39, 0.29) is 11.6 Å². The van der Waals surface area contributed by atoms with Crippen LogP contribution < -0.4 is 5.32 Å². The number of nitrogens with zero attached hydrogens (tertiary/aromatic N) is 3. The van der Waals surface area contributed by atoms with E-state index in [1.165, 1.54) is 12.3 Å².